The van der Waals surface area contributed by atoms with Crippen LogP contribution in [-0.2, 0) is 0 Å². The molecule has 1 aliphatic heterocycles. The molecular weight excluding hydrogens is 332 g/mol. The van der Waals surface area contributed by atoms with Crippen LogP contribution in [0.15, 0.2) is 18.6 Å². The number of aromatic nitrogens is 3. The van der Waals surface area contributed by atoms with E-state index in [9.17, 15) is 14.9 Å². The Labute approximate surface area is 150 Å². The third-order valence-corrected chi connectivity index (χ3v) is 5.75. The molecule has 1 saturated heterocycles. The highest BCUT2D eigenvalue weighted by atomic mass is 16.2. The average molecular weight is 352 g/mol. The second-order valence-corrected chi connectivity index (χ2v) is 7.28. The van der Waals surface area contributed by atoms with Gasteiger partial charge >= 0.3 is 0 Å². The Morgan fingerprint density at radius 2 is 2.15 bits per heavy atom. The van der Waals surface area contributed by atoms with Crippen molar-refractivity contribution in [1.29, 1.82) is 5.26 Å². The summed E-state index contributed by atoms with van der Waals surface area (Å²) in [5.74, 6) is -0.532. The van der Waals surface area contributed by atoms with E-state index in [-0.39, 0.29) is 17.4 Å². The maximum absolute atomic E-state index is 13.1. The number of fused-ring (bicyclic) bond motifs is 2. The molecule has 134 valence electrons. The molecule has 1 saturated carbocycles. The third-order valence-electron chi connectivity index (χ3n) is 5.75. The minimum Gasteiger partial charge on any atom is -0.366 e. The highest BCUT2D eigenvalue weighted by Crippen LogP contribution is 2.45. The largest absolute Gasteiger partial charge is 0.366 e. The summed E-state index contributed by atoms with van der Waals surface area (Å²) < 4.78 is 1.39. The maximum Gasteiger partial charge on any atom is 0.259 e. The number of likely N-dealkylation sites (tertiary alicyclic amines) is 1. The van der Waals surface area contributed by atoms with E-state index in [1.807, 2.05) is 0 Å². The Bertz CT molecular complexity index is 929. The van der Waals surface area contributed by atoms with Gasteiger partial charge in [-0.15, -0.1) is 0 Å². The van der Waals surface area contributed by atoms with Gasteiger partial charge in [-0.25, -0.2) is 9.50 Å². The summed E-state index contributed by atoms with van der Waals surface area (Å²) in [6, 6.07) is 2.52. The van der Waals surface area contributed by atoms with Crippen LogP contribution in [-0.4, -0.2) is 44.4 Å². The van der Waals surface area contributed by atoms with Crippen LogP contribution in [0.2, 0.25) is 0 Å². The van der Waals surface area contributed by atoms with E-state index in [0.717, 1.165) is 32.1 Å². The van der Waals surface area contributed by atoms with Crippen molar-refractivity contribution < 1.29 is 9.59 Å². The topological polar surface area (TPSA) is 117 Å². The minimum absolute atomic E-state index is 0.165. The van der Waals surface area contributed by atoms with Crippen molar-refractivity contribution in [3.05, 3.63) is 29.7 Å². The number of hydrogen-bond acceptors (Lipinski definition) is 5. The molecular formula is C18H20N6O2. The fourth-order valence-corrected chi connectivity index (χ4v) is 4.29. The van der Waals surface area contributed by atoms with Gasteiger partial charge in [0.2, 0.25) is 0 Å². The highest BCUT2D eigenvalue weighted by Gasteiger charge is 2.48. The summed E-state index contributed by atoms with van der Waals surface area (Å²) in [7, 11) is 0. The molecule has 2 aliphatic rings. The van der Waals surface area contributed by atoms with Crippen LogP contribution in [0.3, 0.4) is 0 Å². The van der Waals surface area contributed by atoms with Crippen LogP contribution >= 0.6 is 0 Å². The molecule has 0 spiro atoms. The molecule has 2 aromatic heterocycles. The van der Waals surface area contributed by atoms with E-state index in [0.29, 0.717) is 24.3 Å². The first kappa shape index (κ1) is 16.5. The second-order valence-electron chi connectivity index (χ2n) is 7.28. The summed E-state index contributed by atoms with van der Waals surface area (Å²) in [6.07, 6.45) is 9.44. The lowest BCUT2D eigenvalue weighted by Gasteiger charge is -2.24. The van der Waals surface area contributed by atoms with Crippen molar-refractivity contribution in [3.8, 4) is 6.07 Å². The minimum atomic E-state index is -0.599. The Morgan fingerprint density at radius 1 is 1.31 bits per heavy atom. The number of carbonyl (C=O) groups is 2. The van der Waals surface area contributed by atoms with Crippen molar-refractivity contribution in [1.82, 2.24) is 19.5 Å². The van der Waals surface area contributed by atoms with E-state index >= 15 is 0 Å². The molecule has 4 rings (SSSR count). The standard InChI is InChI=1S/C18H20N6O2/c19-10-18-5-3-1-2-4-13(18)9-23(11-18)17(26)14-7-22-24-8-12(15(20)25)6-21-16(14)24/h6-8,13H,1-5,9,11H2,(H2,20,25). The monoisotopic (exact) mass is 352 g/mol. The summed E-state index contributed by atoms with van der Waals surface area (Å²) in [5.41, 5.74) is 5.82. The number of nitrogens with zero attached hydrogens (tertiary/aromatic N) is 5. The molecule has 2 atom stereocenters. The lowest BCUT2D eigenvalue weighted by atomic mass is 9.76. The Kier molecular flexibility index (Phi) is 3.87. The zero-order chi connectivity index (χ0) is 18.3. The van der Waals surface area contributed by atoms with E-state index in [2.05, 4.69) is 16.2 Å². The number of nitriles is 1. The predicted octanol–water partition coefficient (Wildman–Crippen LogP) is 1.37. The van der Waals surface area contributed by atoms with Gasteiger partial charge in [-0.2, -0.15) is 10.4 Å². The lowest BCUT2D eigenvalue weighted by molar-refractivity contribution is 0.0779. The molecule has 2 fully saturated rings. The van der Waals surface area contributed by atoms with Crippen LogP contribution in [0.4, 0.5) is 0 Å². The Morgan fingerprint density at radius 3 is 2.92 bits per heavy atom. The molecule has 8 nitrogen and oxygen atoms in total. The number of hydrogen-bond donors (Lipinski definition) is 1. The van der Waals surface area contributed by atoms with Gasteiger partial charge in [0.05, 0.1) is 23.2 Å². The number of rotatable bonds is 2. The van der Waals surface area contributed by atoms with E-state index < -0.39 is 11.3 Å². The summed E-state index contributed by atoms with van der Waals surface area (Å²) >= 11 is 0. The Balaban J connectivity index is 1.63. The van der Waals surface area contributed by atoms with Crippen LogP contribution in [0.5, 0.6) is 0 Å². The lowest BCUT2D eigenvalue weighted by Crippen LogP contribution is -2.32. The molecule has 2 N–H and O–H groups in total. The molecule has 0 bridgehead atoms. The highest BCUT2D eigenvalue weighted by molar-refractivity contribution is 6.00. The van der Waals surface area contributed by atoms with E-state index in [1.165, 1.54) is 23.1 Å². The Hall–Kier alpha value is -2.95. The molecule has 1 aliphatic carbocycles. The molecule has 3 heterocycles. The van der Waals surface area contributed by atoms with Crippen LogP contribution in [0.1, 0.15) is 52.8 Å². The van der Waals surface area contributed by atoms with Gasteiger partial charge in [0, 0.05) is 25.5 Å². The first-order valence-corrected chi connectivity index (χ1v) is 8.88. The smallest absolute Gasteiger partial charge is 0.259 e. The van der Waals surface area contributed by atoms with Gasteiger partial charge in [0.15, 0.2) is 5.65 Å². The summed E-state index contributed by atoms with van der Waals surface area (Å²) in [4.78, 5) is 30.3. The van der Waals surface area contributed by atoms with E-state index in [1.54, 1.807) is 4.90 Å². The van der Waals surface area contributed by atoms with Crippen molar-refractivity contribution >= 4 is 17.5 Å². The summed E-state index contributed by atoms with van der Waals surface area (Å²) in [5, 5.41) is 13.9. The number of carbonyl (C=O) groups excluding carboxylic acids is 2. The predicted molar refractivity (Wildman–Crippen MR) is 92.0 cm³/mol. The average Bonchev–Trinajstić information content (AvgIpc) is 3.17. The summed E-state index contributed by atoms with van der Waals surface area (Å²) in [6.45, 7) is 1.06. The van der Waals surface area contributed by atoms with Gasteiger partial charge in [0.1, 0.15) is 5.56 Å². The van der Waals surface area contributed by atoms with E-state index in [4.69, 9.17) is 5.73 Å². The van der Waals surface area contributed by atoms with Crippen molar-refractivity contribution in [2.75, 3.05) is 13.1 Å². The van der Waals surface area contributed by atoms with Gasteiger partial charge in [-0.1, -0.05) is 19.3 Å². The molecule has 0 radical (unpaired) electrons. The second kappa shape index (κ2) is 6.09. The fourth-order valence-electron chi connectivity index (χ4n) is 4.29. The number of nitrogens with two attached hydrogens (primary N) is 1. The first-order valence-electron chi connectivity index (χ1n) is 8.88. The quantitative estimate of drug-likeness (QED) is 0.876. The van der Waals surface area contributed by atoms with Crippen LogP contribution in [0.25, 0.3) is 5.65 Å². The zero-order valence-corrected chi connectivity index (χ0v) is 14.4. The molecule has 8 heteroatoms. The molecule has 0 aromatic carbocycles. The van der Waals surface area contributed by atoms with Gasteiger partial charge in [-0.3, -0.25) is 9.59 Å². The van der Waals surface area contributed by atoms with Gasteiger partial charge in [-0.05, 0) is 18.8 Å². The number of amides is 2. The van der Waals surface area contributed by atoms with Gasteiger partial charge < -0.3 is 10.6 Å². The normalized spacial score (nSPS) is 25.5. The number of primary amides is 1. The van der Waals surface area contributed by atoms with Gasteiger partial charge in [0.25, 0.3) is 11.8 Å². The SMILES string of the molecule is N#CC12CCCCCC1CN(C(=O)c1cnn3cc(C(N)=O)cnc13)C2. The molecule has 2 aromatic rings. The maximum atomic E-state index is 13.1. The van der Waals surface area contributed by atoms with Crippen LogP contribution < -0.4 is 5.73 Å². The molecule has 26 heavy (non-hydrogen) atoms. The fraction of sp³-hybridized carbons (Fsp3) is 0.500. The first-order chi connectivity index (χ1) is 12.5. The van der Waals surface area contributed by atoms with Crippen molar-refractivity contribution in [2.45, 2.75) is 32.1 Å². The zero-order valence-electron chi connectivity index (χ0n) is 14.4. The van der Waals surface area contributed by atoms with Crippen molar-refractivity contribution in [3.63, 3.8) is 0 Å². The molecule has 2 amide bonds. The van der Waals surface area contributed by atoms with Crippen LogP contribution in [0, 0.1) is 22.7 Å². The molecule has 2 unspecified atom stereocenters. The third kappa shape index (κ3) is 2.51. The van der Waals surface area contributed by atoms with Crippen molar-refractivity contribution in [2.24, 2.45) is 17.1 Å².